The van der Waals surface area contributed by atoms with E-state index in [1.807, 2.05) is 6.92 Å². The Kier molecular flexibility index (Phi) is 5.67. The van der Waals surface area contributed by atoms with Crippen LogP contribution >= 0.6 is 0 Å². The number of likely N-dealkylation sites (N-methyl/N-ethyl adjacent to an activating group) is 1. The summed E-state index contributed by atoms with van der Waals surface area (Å²) in [5, 5.41) is 12.9. The number of hydrogen-bond donors (Lipinski definition) is 2. The zero-order valence-corrected chi connectivity index (χ0v) is 13.9. The number of carboxylic acid groups (broad SMARTS) is 1. The summed E-state index contributed by atoms with van der Waals surface area (Å²) in [5.41, 5.74) is -0.687. The van der Waals surface area contributed by atoms with E-state index >= 15 is 0 Å². The van der Waals surface area contributed by atoms with Crippen LogP contribution in [0.5, 0.6) is 0 Å². The fourth-order valence-corrected chi connectivity index (χ4v) is 4.33. The van der Waals surface area contributed by atoms with Crippen molar-refractivity contribution >= 4 is 5.97 Å². The van der Waals surface area contributed by atoms with E-state index in [1.54, 1.807) is 0 Å². The van der Waals surface area contributed by atoms with Gasteiger partial charge in [-0.2, -0.15) is 0 Å². The van der Waals surface area contributed by atoms with E-state index < -0.39 is 11.5 Å². The minimum absolute atomic E-state index is 0.436. The molecular formula is C17H32N2O2. The highest BCUT2D eigenvalue weighted by molar-refractivity contribution is 5.79. The maximum atomic E-state index is 11.7. The molecule has 2 unspecified atom stereocenters. The Bertz CT molecular complexity index is 353. The molecule has 0 spiro atoms. The number of nitrogens with one attached hydrogen (secondary N) is 1. The van der Waals surface area contributed by atoms with Crippen molar-refractivity contribution in [1.29, 1.82) is 0 Å². The van der Waals surface area contributed by atoms with E-state index in [0.717, 1.165) is 32.4 Å². The molecule has 2 saturated carbocycles. The van der Waals surface area contributed by atoms with E-state index in [9.17, 15) is 9.90 Å². The van der Waals surface area contributed by atoms with Crippen LogP contribution in [-0.2, 0) is 4.79 Å². The molecule has 2 fully saturated rings. The van der Waals surface area contributed by atoms with Gasteiger partial charge in [0.25, 0.3) is 0 Å². The van der Waals surface area contributed by atoms with Crippen LogP contribution in [-0.4, -0.2) is 46.7 Å². The van der Waals surface area contributed by atoms with Gasteiger partial charge in [0.05, 0.1) is 0 Å². The van der Waals surface area contributed by atoms with Crippen LogP contribution in [0.15, 0.2) is 0 Å². The van der Waals surface area contributed by atoms with Crippen molar-refractivity contribution in [2.24, 2.45) is 5.92 Å². The van der Waals surface area contributed by atoms with Crippen molar-refractivity contribution in [3.05, 3.63) is 0 Å². The van der Waals surface area contributed by atoms with Crippen molar-refractivity contribution in [2.45, 2.75) is 83.3 Å². The van der Waals surface area contributed by atoms with Crippen LogP contribution in [0.25, 0.3) is 0 Å². The smallest absolute Gasteiger partial charge is 0.323 e. The van der Waals surface area contributed by atoms with Gasteiger partial charge in [0.1, 0.15) is 5.54 Å². The first-order valence-corrected chi connectivity index (χ1v) is 8.72. The van der Waals surface area contributed by atoms with Crippen molar-refractivity contribution < 1.29 is 9.90 Å². The van der Waals surface area contributed by atoms with Gasteiger partial charge in [-0.05, 0) is 44.6 Å². The molecule has 4 heteroatoms. The lowest BCUT2D eigenvalue weighted by Gasteiger charge is -2.37. The van der Waals surface area contributed by atoms with Crippen molar-refractivity contribution in [1.82, 2.24) is 10.2 Å². The molecule has 2 N–H and O–H groups in total. The van der Waals surface area contributed by atoms with Crippen LogP contribution < -0.4 is 5.32 Å². The monoisotopic (exact) mass is 296 g/mol. The normalized spacial score (nSPS) is 30.6. The molecule has 0 aromatic carbocycles. The fraction of sp³-hybridized carbons (Fsp3) is 0.941. The summed E-state index contributed by atoms with van der Waals surface area (Å²) in [5.74, 6) is -0.0210. The molecule has 2 rings (SSSR count). The van der Waals surface area contributed by atoms with E-state index in [4.69, 9.17) is 0 Å². The van der Waals surface area contributed by atoms with E-state index in [2.05, 4.69) is 24.1 Å². The highest BCUT2D eigenvalue weighted by Crippen LogP contribution is 2.37. The number of aliphatic carboxylic acids is 1. The molecule has 2 aliphatic carbocycles. The Balaban J connectivity index is 2.08. The van der Waals surface area contributed by atoms with Crippen LogP contribution in [0, 0.1) is 5.92 Å². The van der Waals surface area contributed by atoms with Gasteiger partial charge in [0.15, 0.2) is 0 Å². The van der Waals surface area contributed by atoms with Gasteiger partial charge in [-0.1, -0.05) is 33.6 Å². The summed E-state index contributed by atoms with van der Waals surface area (Å²) in [6.07, 6.45) is 7.81. The molecule has 0 aromatic rings. The average Bonchev–Trinajstić information content (AvgIpc) is 3.06. The lowest BCUT2D eigenvalue weighted by atomic mass is 9.96. The number of nitrogens with zero attached hydrogens (tertiary/aromatic N) is 1. The molecule has 0 aliphatic heterocycles. The molecule has 122 valence electrons. The number of carbonyl (C=O) groups is 1. The predicted octanol–water partition coefficient (Wildman–Crippen LogP) is 2.87. The van der Waals surface area contributed by atoms with Crippen LogP contribution in [0.1, 0.15) is 65.7 Å². The second-order valence-corrected chi connectivity index (χ2v) is 7.34. The second kappa shape index (κ2) is 7.10. The lowest BCUT2D eigenvalue weighted by Crippen LogP contribution is -2.52. The SMILES string of the molecule is CCNC1(C(=O)O)CCC(N(CC(C)C)C2CCCC2)C1. The third kappa shape index (κ3) is 3.78. The molecule has 0 bridgehead atoms. The summed E-state index contributed by atoms with van der Waals surface area (Å²) in [4.78, 5) is 14.4. The van der Waals surface area contributed by atoms with Gasteiger partial charge < -0.3 is 10.4 Å². The molecule has 2 atom stereocenters. The first kappa shape index (κ1) is 16.8. The zero-order valence-electron chi connectivity index (χ0n) is 13.9. The van der Waals surface area contributed by atoms with Gasteiger partial charge >= 0.3 is 5.97 Å². The lowest BCUT2D eigenvalue weighted by molar-refractivity contribution is -0.144. The van der Waals surface area contributed by atoms with Crippen LogP contribution in [0.4, 0.5) is 0 Å². The highest BCUT2D eigenvalue weighted by atomic mass is 16.4. The first-order chi connectivity index (χ1) is 9.98. The minimum atomic E-state index is -0.687. The average molecular weight is 296 g/mol. The zero-order chi connectivity index (χ0) is 15.5. The third-order valence-corrected chi connectivity index (χ3v) is 5.25. The number of rotatable bonds is 7. The van der Waals surface area contributed by atoms with E-state index in [-0.39, 0.29) is 0 Å². The standard InChI is InChI=1S/C17H32N2O2/c1-4-18-17(16(20)21)10-9-15(11-17)19(12-13(2)3)14-7-5-6-8-14/h13-15,18H,4-12H2,1-3H3,(H,20,21). The van der Waals surface area contributed by atoms with Crippen LogP contribution in [0.3, 0.4) is 0 Å². The quantitative estimate of drug-likeness (QED) is 0.758. The summed E-state index contributed by atoms with van der Waals surface area (Å²) in [6, 6.07) is 1.12. The first-order valence-electron chi connectivity index (χ1n) is 8.72. The Labute approximate surface area is 129 Å². The molecule has 2 aliphatic rings. The fourth-order valence-electron chi connectivity index (χ4n) is 4.33. The predicted molar refractivity (Wildman–Crippen MR) is 85.5 cm³/mol. The van der Waals surface area contributed by atoms with E-state index in [1.165, 1.54) is 25.7 Å². The third-order valence-electron chi connectivity index (χ3n) is 5.25. The molecular weight excluding hydrogens is 264 g/mol. The highest BCUT2D eigenvalue weighted by Gasteiger charge is 2.47. The maximum absolute atomic E-state index is 11.7. The molecule has 0 amide bonds. The van der Waals surface area contributed by atoms with Gasteiger partial charge in [-0.25, -0.2) is 0 Å². The molecule has 0 radical (unpaired) electrons. The molecule has 0 saturated heterocycles. The minimum Gasteiger partial charge on any atom is -0.480 e. The summed E-state index contributed by atoms with van der Waals surface area (Å²) >= 11 is 0. The van der Waals surface area contributed by atoms with Crippen molar-refractivity contribution in [3.63, 3.8) is 0 Å². The van der Waals surface area contributed by atoms with Gasteiger partial charge in [0.2, 0.25) is 0 Å². The summed E-state index contributed by atoms with van der Waals surface area (Å²) < 4.78 is 0. The molecule has 4 nitrogen and oxygen atoms in total. The van der Waals surface area contributed by atoms with Gasteiger partial charge in [-0.15, -0.1) is 0 Å². The molecule has 21 heavy (non-hydrogen) atoms. The maximum Gasteiger partial charge on any atom is 0.323 e. The number of carboxylic acids is 1. The van der Waals surface area contributed by atoms with Gasteiger partial charge in [-0.3, -0.25) is 9.69 Å². The summed E-state index contributed by atoms with van der Waals surface area (Å²) in [6.45, 7) is 8.38. The topological polar surface area (TPSA) is 52.6 Å². The molecule has 0 aromatic heterocycles. The Morgan fingerprint density at radius 2 is 1.95 bits per heavy atom. The van der Waals surface area contributed by atoms with Crippen molar-refractivity contribution in [2.75, 3.05) is 13.1 Å². The second-order valence-electron chi connectivity index (χ2n) is 7.34. The Hall–Kier alpha value is -0.610. The number of hydrogen-bond acceptors (Lipinski definition) is 3. The summed E-state index contributed by atoms with van der Waals surface area (Å²) in [7, 11) is 0. The van der Waals surface area contributed by atoms with Crippen molar-refractivity contribution in [3.8, 4) is 0 Å². The Morgan fingerprint density at radius 1 is 1.29 bits per heavy atom. The Morgan fingerprint density at radius 3 is 2.48 bits per heavy atom. The largest absolute Gasteiger partial charge is 0.480 e. The van der Waals surface area contributed by atoms with Gasteiger partial charge in [0, 0.05) is 18.6 Å². The molecule has 0 heterocycles. The van der Waals surface area contributed by atoms with E-state index in [0.29, 0.717) is 18.0 Å². The van der Waals surface area contributed by atoms with Crippen LogP contribution in [0.2, 0.25) is 0 Å².